The lowest BCUT2D eigenvalue weighted by atomic mass is 10.0. The van der Waals surface area contributed by atoms with Crippen molar-refractivity contribution in [2.75, 3.05) is 4.90 Å². The third-order valence-corrected chi connectivity index (χ3v) is 10.0. The predicted molar refractivity (Wildman–Crippen MR) is 145 cm³/mol. The molecule has 0 radical (unpaired) electrons. The minimum Gasteiger partial charge on any atom is -0.427 e. The standard InChI is InChI=1S/C29H36N2O6S/c1-18-16-19(2)21(4)28(20(18)3)38(35,36)31(24-10-8-6-7-9-11-24)26-17-27(33)30(29(26)34)23-12-14-25(15-13-23)37-22(5)32/h12-16,24,26H,6-11,17H2,1-5H3. The molecular formula is C29H36N2O6S. The maximum absolute atomic E-state index is 14.5. The first-order chi connectivity index (χ1) is 17.9. The fourth-order valence-corrected chi connectivity index (χ4v) is 8.13. The number of rotatable bonds is 6. The second-order valence-electron chi connectivity index (χ2n) is 10.4. The number of hydrogen-bond donors (Lipinski definition) is 0. The highest BCUT2D eigenvalue weighted by molar-refractivity contribution is 7.89. The van der Waals surface area contributed by atoms with Crippen LogP contribution in [0.25, 0.3) is 0 Å². The van der Waals surface area contributed by atoms with E-state index in [1.54, 1.807) is 13.8 Å². The molecule has 2 fully saturated rings. The smallest absolute Gasteiger partial charge is 0.308 e. The molecule has 9 heteroatoms. The molecule has 0 N–H and O–H groups in total. The van der Waals surface area contributed by atoms with Crippen LogP contribution in [0, 0.1) is 27.7 Å². The van der Waals surface area contributed by atoms with Crippen LogP contribution in [0.15, 0.2) is 35.2 Å². The topological polar surface area (TPSA) is 101 Å². The van der Waals surface area contributed by atoms with Gasteiger partial charge in [0.2, 0.25) is 15.9 Å². The van der Waals surface area contributed by atoms with E-state index in [4.69, 9.17) is 4.74 Å². The van der Waals surface area contributed by atoms with Crippen LogP contribution in [-0.2, 0) is 24.4 Å². The Bertz CT molecular complexity index is 1330. The molecule has 4 rings (SSSR count). The largest absolute Gasteiger partial charge is 0.427 e. The normalized spacial score (nSPS) is 19.2. The molecule has 2 amide bonds. The van der Waals surface area contributed by atoms with Gasteiger partial charge in [-0.05, 0) is 87.1 Å². The molecule has 204 valence electrons. The summed E-state index contributed by atoms with van der Waals surface area (Å²) in [6, 6.07) is 6.56. The zero-order valence-corrected chi connectivity index (χ0v) is 23.6. The summed E-state index contributed by atoms with van der Waals surface area (Å²) in [5.41, 5.74) is 3.39. The lowest BCUT2D eigenvalue weighted by molar-refractivity contribution is -0.132. The summed E-state index contributed by atoms with van der Waals surface area (Å²) in [6.07, 6.45) is 4.86. The molecule has 0 spiro atoms. The molecule has 0 bridgehead atoms. The van der Waals surface area contributed by atoms with E-state index in [0.717, 1.165) is 41.7 Å². The summed E-state index contributed by atoms with van der Waals surface area (Å²) < 4.78 is 35.5. The van der Waals surface area contributed by atoms with Gasteiger partial charge in [-0.25, -0.2) is 13.3 Å². The number of benzene rings is 2. The maximum atomic E-state index is 14.5. The second kappa shape index (κ2) is 11.0. The molecule has 1 saturated carbocycles. The summed E-state index contributed by atoms with van der Waals surface area (Å²) in [6.45, 7) is 8.68. The highest BCUT2D eigenvalue weighted by atomic mass is 32.2. The van der Waals surface area contributed by atoms with E-state index >= 15 is 0 Å². The molecule has 0 aromatic heterocycles. The van der Waals surface area contributed by atoms with E-state index < -0.39 is 33.8 Å². The molecule has 1 aliphatic heterocycles. The van der Waals surface area contributed by atoms with Crippen molar-refractivity contribution in [2.45, 2.75) is 96.5 Å². The van der Waals surface area contributed by atoms with E-state index in [-0.39, 0.29) is 17.4 Å². The van der Waals surface area contributed by atoms with Crippen LogP contribution < -0.4 is 9.64 Å². The van der Waals surface area contributed by atoms with Crippen LogP contribution in [0.5, 0.6) is 5.75 Å². The minimum absolute atomic E-state index is 0.219. The number of anilines is 1. The maximum Gasteiger partial charge on any atom is 0.308 e. The number of nitrogens with zero attached hydrogens (tertiary/aromatic N) is 2. The van der Waals surface area contributed by atoms with Gasteiger partial charge in [0, 0.05) is 13.0 Å². The number of aryl methyl sites for hydroxylation is 2. The zero-order valence-electron chi connectivity index (χ0n) is 22.7. The number of imide groups is 1. The minimum atomic E-state index is -4.11. The first kappa shape index (κ1) is 28.0. The summed E-state index contributed by atoms with van der Waals surface area (Å²) in [5.74, 6) is -1.20. The van der Waals surface area contributed by atoms with Gasteiger partial charge in [0.15, 0.2) is 0 Å². The molecule has 2 aliphatic rings. The van der Waals surface area contributed by atoms with E-state index in [1.165, 1.54) is 35.5 Å². The van der Waals surface area contributed by atoms with Gasteiger partial charge in [-0.1, -0.05) is 31.7 Å². The first-order valence-electron chi connectivity index (χ1n) is 13.2. The number of esters is 1. The van der Waals surface area contributed by atoms with Crippen molar-refractivity contribution >= 4 is 33.5 Å². The van der Waals surface area contributed by atoms with Gasteiger partial charge in [-0.3, -0.25) is 14.4 Å². The molecule has 1 heterocycles. The molecule has 2 aromatic carbocycles. The quantitative estimate of drug-likeness (QED) is 0.224. The van der Waals surface area contributed by atoms with Crippen molar-refractivity contribution < 1.29 is 27.5 Å². The Labute approximate surface area is 225 Å². The Morgan fingerprint density at radius 2 is 1.47 bits per heavy atom. The molecule has 1 saturated heterocycles. The Hall–Kier alpha value is -3.04. The Balaban J connectivity index is 1.78. The van der Waals surface area contributed by atoms with Crippen LogP contribution in [-0.4, -0.2) is 42.6 Å². The lowest BCUT2D eigenvalue weighted by Gasteiger charge is -2.35. The summed E-state index contributed by atoms with van der Waals surface area (Å²) in [7, 11) is -4.11. The van der Waals surface area contributed by atoms with Crippen molar-refractivity contribution in [1.82, 2.24) is 4.31 Å². The molecule has 2 aromatic rings. The Morgan fingerprint density at radius 1 is 0.921 bits per heavy atom. The molecular weight excluding hydrogens is 504 g/mol. The van der Waals surface area contributed by atoms with Crippen LogP contribution >= 0.6 is 0 Å². The van der Waals surface area contributed by atoms with Crippen LogP contribution in [0.3, 0.4) is 0 Å². The number of ether oxygens (including phenoxy) is 1. The highest BCUT2D eigenvalue weighted by Crippen LogP contribution is 2.37. The van der Waals surface area contributed by atoms with Crippen molar-refractivity contribution in [3.63, 3.8) is 0 Å². The number of amides is 2. The fourth-order valence-electron chi connectivity index (χ4n) is 5.72. The highest BCUT2D eigenvalue weighted by Gasteiger charge is 2.50. The van der Waals surface area contributed by atoms with Gasteiger partial charge in [0.25, 0.3) is 5.91 Å². The number of hydrogen-bond acceptors (Lipinski definition) is 6. The summed E-state index contributed by atoms with van der Waals surface area (Å²) in [5, 5.41) is 0. The molecule has 1 unspecified atom stereocenters. The van der Waals surface area contributed by atoms with Gasteiger partial charge in [-0.15, -0.1) is 0 Å². The molecule has 1 atom stereocenters. The van der Waals surface area contributed by atoms with Gasteiger partial charge >= 0.3 is 5.97 Å². The lowest BCUT2D eigenvalue weighted by Crippen LogP contribution is -2.51. The van der Waals surface area contributed by atoms with E-state index in [0.29, 0.717) is 35.4 Å². The van der Waals surface area contributed by atoms with Crippen molar-refractivity contribution in [1.29, 1.82) is 0 Å². The monoisotopic (exact) mass is 540 g/mol. The molecule has 8 nitrogen and oxygen atoms in total. The number of carbonyl (C=O) groups excluding carboxylic acids is 3. The van der Waals surface area contributed by atoms with E-state index in [2.05, 4.69) is 0 Å². The number of sulfonamides is 1. The third kappa shape index (κ3) is 5.27. The average molecular weight is 541 g/mol. The predicted octanol–water partition coefficient (Wildman–Crippen LogP) is 4.89. The van der Waals surface area contributed by atoms with E-state index in [1.807, 2.05) is 19.9 Å². The van der Waals surface area contributed by atoms with Gasteiger partial charge in [0.1, 0.15) is 11.8 Å². The fraction of sp³-hybridized carbons (Fsp3) is 0.483. The third-order valence-electron chi connectivity index (χ3n) is 7.80. The van der Waals surface area contributed by atoms with Crippen LogP contribution in [0.4, 0.5) is 5.69 Å². The van der Waals surface area contributed by atoms with Crippen LogP contribution in [0.1, 0.15) is 74.1 Å². The molecule has 38 heavy (non-hydrogen) atoms. The summed E-state index contributed by atoms with van der Waals surface area (Å²) >= 11 is 0. The van der Waals surface area contributed by atoms with Crippen LogP contribution in [0.2, 0.25) is 0 Å². The van der Waals surface area contributed by atoms with Gasteiger partial charge < -0.3 is 4.74 Å². The van der Waals surface area contributed by atoms with Gasteiger partial charge in [0.05, 0.1) is 17.0 Å². The van der Waals surface area contributed by atoms with Crippen molar-refractivity contribution in [2.24, 2.45) is 0 Å². The Morgan fingerprint density at radius 3 is 2.00 bits per heavy atom. The van der Waals surface area contributed by atoms with Crippen molar-refractivity contribution in [3.8, 4) is 5.75 Å². The SMILES string of the molecule is CC(=O)Oc1ccc(N2C(=O)CC(N(C3CCCCCC3)S(=O)(=O)c3c(C)c(C)cc(C)c3C)C2=O)cc1. The Kier molecular flexibility index (Phi) is 8.09. The van der Waals surface area contributed by atoms with E-state index in [9.17, 15) is 22.8 Å². The summed E-state index contributed by atoms with van der Waals surface area (Å²) in [4.78, 5) is 39.6. The van der Waals surface area contributed by atoms with Crippen molar-refractivity contribution in [3.05, 3.63) is 52.6 Å². The molecule has 1 aliphatic carbocycles. The average Bonchev–Trinajstić information content (AvgIpc) is 3.00. The van der Waals surface area contributed by atoms with Gasteiger partial charge in [-0.2, -0.15) is 4.31 Å². The zero-order chi connectivity index (χ0) is 27.8. The second-order valence-corrected chi connectivity index (χ2v) is 12.2. The first-order valence-corrected chi connectivity index (χ1v) is 14.6. The number of carbonyl (C=O) groups is 3.